The minimum Gasteiger partial charge on any atom is -0.391 e. The van der Waals surface area contributed by atoms with Gasteiger partial charge in [0.15, 0.2) is 5.69 Å². The van der Waals surface area contributed by atoms with E-state index in [-0.39, 0.29) is 11.9 Å². The Kier molecular flexibility index (Phi) is 3.45. The largest absolute Gasteiger partial charge is 0.391 e. The molecule has 0 radical (unpaired) electrons. The third-order valence-electron chi connectivity index (χ3n) is 6.27. The first kappa shape index (κ1) is 15.1. The number of nitrogens with zero attached hydrogens (tertiary/aromatic N) is 4. The summed E-state index contributed by atoms with van der Waals surface area (Å²) in [6.45, 7) is 1.49. The van der Waals surface area contributed by atoms with Crippen LogP contribution in [0.3, 0.4) is 0 Å². The van der Waals surface area contributed by atoms with Crippen molar-refractivity contribution in [1.82, 2.24) is 24.9 Å². The lowest BCUT2D eigenvalue weighted by Crippen LogP contribution is -2.36. The molecule has 5 rings (SSSR count). The maximum atomic E-state index is 13.0. The van der Waals surface area contributed by atoms with Crippen LogP contribution in [0.5, 0.6) is 0 Å². The number of hydrogen-bond donors (Lipinski definition) is 2. The lowest BCUT2D eigenvalue weighted by Gasteiger charge is -2.35. The van der Waals surface area contributed by atoms with Gasteiger partial charge in [-0.25, -0.2) is 0 Å². The van der Waals surface area contributed by atoms with Crippen LogP contribution in [0.2, 0.25) is 0 Å². The van der Waals surface area contributed by atoms with Crippen LogP contribution in [0.15, 0.2) is 18.5 Å². The van der Waals surface area contributed by atoms with E-state index in [0.717, 1.165) is 56.5 Å². The molecule has 0 spiro atoms. The zero-order chi connectivity index (χ0) is 17.0. The second-order valence-electron chi connectivity index (χ2n) is 7.71. The van der Waals surface area contributed by atoms with Gasteiger partial charge in [0, 0.05) is 36.7 Å². The quantitative estimate of drug-likeness (QED) is 0.859. The molecule has 0 bridgehead atoms. The first-order valence-electron chi connectivity index (χ1n) is 9.23. The maximum absolute atomic E-state index is 13.0. The number of likely N-dealkylation sites (tertiary alicyclic amines) is 1. The summed E-state index contributed by atoms with van der Waals surface area (Å²) in [6, 6.07) is 1.91. The van der Waals surface area contributed by atoms with Crippen molar-refractivity contribution in [1.29, 1.82) is 0 Å². The van der Waals surface area contributed by atoms with E-state index in [1.165, 1.54) is 0 Å². The summed E-state index contributed by atoms with van der Waals surface area (Å²) in [5, 5.41) is 22.2. The molecule has 1 aliphatic heterocycles. The first-order valence-corrected chi connectivity index (χ1v) is 9.23. The Bertz CT molecular complexity index is 783. The fraction of sp³-hybridized carbons (Fsp3) is 0.611. The highest BCUT2D eigenvalue weighted by molar-refractivity contribution is 5.94. The molecule has 2 aliphatic carbocycles. The molecular formula is C18H23N5O2. The number of hydrogen-bond acceptors (Lipinski definition) is 4. The number of aliphatic hydroxyl groups excluding tert-OH is 1. The predicted octanol–water partition coefficient (Wildman–Crippen LogP) is 1.18. The summed E-state index contributed by atoms with van der Waals surface area (Å²) in [6.07, 6.45) is 7.93. The Morgan fingerprint density at radius 3 is 2.88 bits per heavy atom. The van der Waals surface area contributed by atoms with Gasteiger partial charge in [-0.2, -0.15) is 10.2 Å². The van der Waals surface area contributed by atoms with E-state index in [1.54, 1.807) is 6.20 Å². The summed E-state index contributed by atoms with van der Waals surface area (Å²) in [5.41, 5.74) is 2.87. The maximum Gasteiger partial charge on any atom is 0.274 e. The number of aromatic nitrogens is 4. The van der Waals surface area contributed by atoms with Crippen molar-refractivity contribution in [2.75, 3.05) is 13.1 Å². The number of aromatic amines is 1. The molecule has 2 fully saturated rings. The van der Waals surface area contributed by atoms with Crippen molar-refractivity contribution in [2.24, 2.45) is 11.8 Å². The van der Waals surface area contributed by atoms with Crippen LogP contribution >= 0.6 is 0 Å². The summed E-state index contributed by atoms with van der Waals surface area (Å²) >= 11 is 0. The number of carbonyl (C=O) groups excluding carboxylic acids is 1. The molecule has 7 heteroatoms. The molecule has 3 heterocycles. The smallest absolute Gasteiger partial charge is 0.274 e. The molecule has 0 unspecified atom stereocenters. The third-order valence-corrected chi connectivity index (χ3v) is 6.27. The summed E-state index contributed by atoms with van der Waals surface area (Å²) in [7, 11) is 0. The standard InChI is InChI=1S/C18H23N5O2/c24-16-8-12-10-22(9-11(12)7-15(16)23-6-2-5-19-23)18(25)17-13-3-1-4-14(13)20-21-17/h2,5-6,11-12,15-16,24H,1,3-4,7-10H2,(H,20,21)/t11-,12+,15-,16-/m1/s1. The fourth-order valence-corrected chi connectivity index (χ4v) is 4.98. The molecule has 2 N–H and O–H groups in total. The van der Waals surface area contributed by atoms with Gasteiger partial charge < -0.3 is 10.0 Å². The highest BCUT2D eigenvalue weighted by Gasteiger charge is 2.44. The number of aliphatic hydroxyl groups is 1. The number of H-pyrrole nitrogens is 1. The van der Waals surface area contributed by atoms with Gasteiger partial charge in [-0.1, -0.05) is 0 Å². The minimum absolute atomic E-state index is 0.0148. The normalized spacial score (nSPS) is 31.2. The Morgan fingerprint density at radius 2 is 2.08 bits per heavy atom. The van der Waals surface area contributed by atoms with Crippen LogP contribution in [-0.2, 0) is 12.8 Å². The molecule has 2 aromatic heterocycles. The number of amides is 1. The van der Waals surface area contributed by atoms with E-state index in [1.807, 2.05) is 21.8 Å². The van der Waals surface area contributed by atoms with E-state index in [0.29, 0.717) is 17.5 Å². The van der Waals surface area contributed by atoms with Crippen molar-refractivity contribution in [3.63, 3.8) is 0 Å². The molecule has 1 amide bonds. The van der Waals surface area contributed by atoms with E-state index < -0.39 is 6.10 Å². The van der Waals surface area contributed by atoms with Gasteiger partial charge in [-0.15, -0.1) is 0 Å². The van der Waals surface area contributed by atoms with Crippen molar-refractivity contribution < 1.29 is 9.90 Å². The average Bonchev–Trinajstić information content (AvgIpc) is 3.35. The second-order valence-corrected chi connectivity index (χ2v) is 7.71. The third kappa shape index (κ3) is 2.40. The van der Waals surface area contributed by atoms with Gasteiger partial charge in [-0.3, -0.25) is 14.6 Å². The lowest BCUT2D eigenvalue weighted by molar-refractivity contribution is 0.0306. The number of aryl methyl sites for hydroxylation is 1. The van der Waals surface area contributed by atoms with Gasteiger partial charge in [0.1, 0.15) is 0 Å². The monoisotopic (exact) mass is 341 g/mol. The zero-order valence-corrected chi connectivity index (χ0v) is 14.1. The first-order chi connectivity index (χ1) is 12.2. The van der Waals surface area contributed by atoms with Crippen LogP contribution in [0, 0.1) is 11.8 Å². The molecule has 1 saturated carbocycles. The molecule has 1 saturated heterocycles. The number of carbonyl (C=O) groups is 1. The Hall–Kier alpha value is -2.15. The van der Waals surface area contributed by atoms with Crippen LogP contribution in [-0.4, -0.2) is 55.1 Å². The average molecular weight is 341 g/mol. The molecule has 7 nitrogen and oxygen atoms in total. The molecule has 25 heavy (non-hydrogen) atoms. The molecule has 0 aromatic carbocycles. The molecule has 132 valence electrons. The van der Waals surface area contributed by atoms with E-state index in [2.05, 4.69) is 15.3 Å². The summed E-state index contributed by atoms with van der Waals surface area (Å²) in [4.78, 5) is 14.9. The zero-order valence-electron chi connectivity index (χ0n) is 14.1. The molecule has 3 aliphatic rings. The Balaban J connectivity index is 1.33. The van der Waals surface area contributed by atoms with E-state index >= 15 is 0 Å². The summed E-state index contributed by atoms with van der Waals surface area (Å²) in [5.74, 6) is 0.852. The highest BCUT2D eigenvalue weighted by atomic mass is 16.3. The Labute approximate surface area is 146 Å². The van der Waals surface area contributed by atoms with Gasteiger partial charge in [0.25, 0.3) is 5.91 Å². The fourth-order valence-electron chi connectivity index (χ4n) is 4.98. The summed E-state index contributed by atoms with van der Waals surface area (Å²) < 4.78 is 1.87. The van der Waals surface area contributed by atoms with Crippen LogP contribution in [0.25, 0.3) is 0 Å². The van der Waals surface area contributed by atoms with Crippen molar-refractivity contribution in [3.05, 3.63) is 35.4 Å². The van der Waals surface area contributed by atoms with E-state index in [9.17, 15) is 9.90 Å². The van der Waals surface area contributed by atoms with Crippen molar-refractivity contribution >= 4 is 5.91 Å². The SMILES string of the molecule is O=C(c1n[nH]c2c1CCC2)N1C[C@H]2C[C@@H](n3cccn3)[C@H](O)C[C@H]2C1. The minimum atomic E-state index is -0.397. The highest BCUT2D eigenvalue weighted by Crippen LogP contribution is 2.41. The lowest BCUT2D eigenvalue weighted by atomic mass is 9.77. The van der Waals surface area contributed by atoms with Crippen LogP contribution < -0.4 is 0 Å². The number of fused-ring (bicyclic) bond motifs is 2. The van der Waals surface area contributed by atoms with Crippen molar-refractivity contribution in [3.8, 4) is 0 Å². The predicted molar refractivity (Wildman–Crippen MR) is 90.0 cm³/mol. The topological polar surface area (TPSA) is 87.0 Å². The molecule has 4 atom stereocenters. The van der Waals surface area contributed by atoms with Gasteiger partial charge in [-0.05, 0) is 50.0 Å². The van der Waals surface area contributed by atoms with Gasteiger partial charge in [0.05, 0.1) is 12.1 Å². The van der Waals surface area contributed by atoms with Crippen LogP contribution in [0.1, 0.15) is 47.1 Å². The number of nitrogens with one attached hydrogen (secondary N) is 1. The Morgan fingerprint density at radius 1 is 1.24 bits per heavy atom. The van der Waals surface area contributed by atoms with Gasteiger partial charge in [0.2, 0.25) is 0 Å². The van der Waals surface area contributed by atoms with Crippen LogP contribution in [0.4, 0.5) is 0 Å². The van der Waals surface area contributed by atoms with E-state index in [4.69, 9.17) is 0 Å². The second kappa shape index (κ2) is 5.69. The van der Waals surface area contributed by atoms with Crippen molar-refractivity contribution in [2.45, 2.75) is 44.2 Å². The molecular weight excluding hydrogens is 318 g/mol. The molecule has 2 aromatic rings. The van der Waals surface area contributed by atoms with Gasteiger partial charge >= 0.3 is 0 Å². The number of rotatable bonds is 2.